The molecule has 78 valence electrons. The van der Waals surface area contributed by atoms with Crippen molar-refractivity contribution in [3.63, 3.8) is 0 Å². The van der Waals surface area contributed by atoms with Gasteiger partial charge in [-0.05, 0) is 13.0 Å². The molecule has 1 aliphatic heterocycles. The number of hydrogen-bond acceptors (Lipinski definition) is 2. The van der Waals surface area contributed by atoms with Crippen molar-refractivity contribution >= 4 is 17.5 Å². The highest BCUT2D eigenvalue weighted by atomic mass is 35.5. The van der Waals surface area contributed by atoms with Crippen LogP contribution in [0.25, 0.3) is 0 Å². The Bertz CT molecular complexity index is 426. The predicted octanol–water partition coefficient (Wildman–Crippen LogP) is 3.19. The Balaban J connectivity index is 2.44. The number of benzene rings is 1. The van der Waals surface area contributed by atoms with Crippen LogP contribution in [-0.2, 0) is 11.3 Å². The van der Waals surface area contributed by atoms with E-state index in [1.165, 1.54) is 0 Å². The molecular formula is C12H12ClNO. The summed E-state index contributed by atoms with van der Waals surface area (Å²) in [5.41, 5.74) is 2.02. The molecule has 1 unspecified atom stereocenters. The van der Waals surface area contributed by atoms with E-state index in [0.717, 1.165) is 11.1 Å². The molecule has 0 aliphatic carbocycles. The maximum absolute atomic E-state index is 6.10. The second kappa shape index (κ2) is 4.07. The first-order chi connectivity index (χ1) is 7.22. The molecule has 0 saturated heterocycles. The highest BCUT2D eigenvalue weighted by Gasteiger charge is 2.22. The first-order valence-electron chi connectivity index (χ1n) is 4.83. The third kappa shape index (κ3) is 1.90. The van der Waals surface area contributed by atoms with Crippen LogP contribution in [0.3, 0.4) is 0 Å². The topological polar surface area (TPSA) is 21.6 Å². The smallest absolute Gasteiger partial charge is 0.218 e. The normalized spacial score (nSPS) is 18.4. The van der Waals surface area contributed by atoms with Crippen LogP contribution in [0.4, 0.5) is 0 Å². The standard InChI is InChI=1S/C12H12ClNO/c1-3-8(2)14-12-11-9(7-15-12)5-4-6-10(11)13/h3-6,8H,1,7H2,2H3. The molecule has 1 aromatic carbocycles. The monoisotopic (exact) mass is 221 g/mol. The Morgan fingerprint density at radius 2 is 2.40 bits per heavy atom. The Hall–Kier alpha value is -1.28. The maximum atomic E-state index is 6.10. The summed E-state index contributed by atoms with van der Waals surface area (Å²) in [7, 11) is 0. The van der Waals surface area contributed by atoms with Crippen LogP contribution < -0.4 is 0 Å². The molecular weight excluding hydrogens is 210 g/mol. The fraction of sp³-hybridized carbons (Fsp3) is 0.250. The molecule has 0 spiro atoms. The summed E-state index contributed by atoms with van der Waals surface area (Å²) in [5, 5.41) is 0.694. The molecule has 15 heavy (non-hydrogen) atoms. The lowest BCUT2D eigenvalue weighted by atomic mass is 10.1. The molecule has 0 saturated carbocycles. The highest BCUT2D eigenvalue weighted by Crippen LogP contribution is 2.27. The van der Waals surface area contributed by atoms with Gasteiger partial charge in [0.2, 0.25) is 5.90 Å². The lowest BCUT2D eigenvalue weighted by molar-refractivity contribution is 0.311. The molecule has 2 rings (SSSR count). The minimum Gasteiger partial charge on any atom is -0.473 e. The molecule has 3 heteroatoms. The number of rotatable bonds is 2. The molecule has 0 aromatic heterocycles. The summed E-state index contributed by atoms with van der Waals surface area (Å²) in [6.07, 6.45) is 1.77. The molecule has 0 fully saturated rings. The van der Waals surface area contributed by atoms with E-state index < -0.39 is 0 Å². The SMILES string of the molecule is C=CC(C)N=C1OCc2cccc(Cl)c21. The third-order valence-corrected chi connectivity index (χ3v) is 2.66. The maximum Gasteiger partial charge on any atom is 0.218 e. The molecule has 0 N–H and O–H groups in total. The van der Waals surface area contributed by atoms with E-state index >= 15 is 0 Å². The van der Waals surface area contributed by atoms with Crippen LogP contribution in [0.5, 0.6) is 0 Å². The van der Waals surface area contributed by atoms with Crippen molar-refractivity contribution in [3.8, 4) is 0 Å². The van der Waals surface area contributed by atoms with Crippen molar-refractivity contribution in [2.75, 3.05) is 0 Å². The fourth-order valence-corrected chi connectivity index (χ4v) is 1.76. The molecule has 1 aromatic rings. The number of nitrogens with zero attached hydrogens (tertiary/aromatic N) is 1. The number of fused-ring (bicyclic) bond motifs is 1. The summed E-state index contributed by atoms with van der Waals surface area (Å²) >= 11 is 6.10. The third-order valence-electron chi connectivity index (χ3n) is 2.34. The van der Waals surface area contributed by atoms with Crippen molar-refractivity contribution in [1.29, 1.82) is 0 Å². The molecule has 1 atom stereocenters. The van der Waals surface area contributed by atoms with Crippen molar-refractivity contribution in [1.82, 2.24) is 0 Å². The van der Waals surface area contributed by atoms with E-state index in [9.17, 15) is 0 Å². The Labute approximate surface area is 94.2 Å². The van der Waals surface area contributed by atoms with Gasteiger partial charge in [-0.1, -0.05) is 29.8 Å². The molecule has 0 bridgehead atoms. The van der Waals surface area contributed by atoms with Crippen LogP contribution >= 0.6 is 11.6 Å². The van der Waals surface area contributed by atoms with Crippen molar-refractivity contribution < 1.29 is 4.74 Å². The minimum atomic E-state index is 0.0437. The molecule has 2 nitrogen and oxygen atoms in total. The Kier molecular flexibility index (Phi) is 2.78. The summed E-state index contributed by atoms with van der Waals surface area (Å²) < 4.78 is 5.49. The van der Waals surface area contributed by atoms with Crippen LogP contribution in [0, 0.1) is 0 Å². The molecule has 0 amide bonds. The van der Waals surface area contributed by atoms with Gasteiger partial charge in [0.25, 0.3) is 0 Å². The number of aliphatic imine (C=N–C) groups is 1. The second-order valence-corrected chi connectivity index (χ2v) is 3.88. The van der Waals surface area contributed by atoms with Gasteiger partial charge in [-0.3, -0.25) is 0 Å². The summed E-state index contributed by atoms with van der Waals surface area (Å²) in [6, 6.07) is 5.82. The summed E-state index contributed by atoms with van der Waals surface area (Å²) in [6.45, 7) is 6.20. The summed E-state index contributed by atoms with van der Waals surface area (Å²) in [5.74, 6) is 0.628. The minimum absolute atomic E-state index is 0.0437. The summed E-state index contributed by atoms with van der Waals surface area (Å²) in [4.78, 5) is 4.39. The van der Waals surface area contributed by atoms with E-state index in [4.69, 9.17) is 16.3 Å². The zero-order valence-electron chi connectivity index (χ0n) is 8.53. The van der Waals surface area contributed by atoms with Crippen LogP contribution in [0.1, 0.15) is 18.1 Å². The lowest BCUT2D eigenvalue weighted by Crippen LogP contribution is -2.03. The van der Waals surface area contributed by atoms with Gasteiger partial charge in [0.05, 0.1) is 16.6 Å². The molecule has 1 aliphatic rings. The predicted molar refractivity (Wildman–Crippen MR) is 62.4 cm³/mol. The number of hydrogen-bond donors (Lipinski definition) is 0. The Morgan fingerprint density at radius 3 is 3.13 bits per heavy atom. The number of halogens is 1. The van der Waals surface area contributed by atoms with Gasteiger partial charge in [0.15, 0.2) is 0 Å². The average Bonchev–Trinajstić information content (AvgIpc) is 2.63. The van der Waals surface area contributed by atoms with E-state index in [1.54, 1.807) is 6.08 Å². The van der Waals surface area contributed by atoms with Crippen LogP contribution in [0.2, 0.25) is 5.02 Å². The largest absolute Gasteiger partial charge is 0.473 e. The first kappa shape index (κ1) is 10.2. The van der Waals surface area contributed by atoms with Gasteiger partial charge < -0.3 is 4.74 Å². The van der Waals surface area contributed by atoms with Crippen LogP contribution in [0.15, 0.2) is 35.8 Å². The Morgan fingerprint density at radius 1 is 1.60 bits per heavy atom. The van der Waals surface area contributed by atoms with Gasteiger partial charge in [-0.25, -0.2) is 4.99 Å². The zero-order chi connectivity index (χ0) is 10.8. The van der Waals surface area contributed by atoms with Crippen LogP contribution in [-0.4, -0.2) is 11.9 Å². The van der Waals surface area contributed by atoms with E-state index in [1.807, 2.05) is 25.1 Å². The van der Waals surface area contributed by atoms with Crippen molar-refractivity contribution in [3.05, 3.63) is 47.0 Å². The van der Waals surface area contributed by atoms with E-state index in [-0.39, 0.29) is 6.04 Å². The van der Waals surface area contributed by atoms with E-state index in [0.29, 0.717) is 17.5 Å². The van der Waals surface area contributed by atoms with Crippen molar-refractivity contribution in [2.45, 2.75) is 19.6 Å². The van der Waals surface area contributed by atoms with Gasteiger partial charge in [-0.2, -0.15) is 0 Å². The second-order valence-electron chi connectivity index (χ2n) is 3.47. The first-order valence-corrected chi connectivity index (χ1v) is 5.21. The van der Waals surface area contributed by atoms with Crippen molar-refractivity contribution in [2.24, 2.45) is 4.99 Å². The van der Waals surface area contributed by atoms with Gasteiger partial charge in [-0.15, -0.1) is 6.58 Å². The van der Waals surface area contributed by atoms with Gasteiger partial charge in [0.1, 0.15) is 6.61 Å². The average molecular weight is 222 g/mol. The molecule has 0 radical (unpaired) electrons. The van der Waals surface area contributed by atoms with Gasteiger partial charge in [0, 0.05) is 5.56 Å². The highest BCUT2D eigenvalue weighted by molar-refractivity contribution is 6.34. The molecule has 1 heterocycles. The number of ether oxygens (including phenoxy) is 1. The lowest BCUT2D eigenvalue weighted by Gasteiger charge is -2.03. The van der Waals surface area contributed by atoms with E-state index in [2.05, 4.69) is 11.6 Å². The van der Waals surface area contributed by atoms with Gasteiger partial charge >= 0.3 is 0 Å². The quantitative estimate of drug-likeness (QED) is 0.703. The zero-order valence-corrected chi connectivity index (χ0v) is 9.29. The fourth-order valence-electron chi connectivity index (χ4n) is 1.49.